The minimum atomic E-state index is 0.140. The van der Waals surface area contributed by atoms with E-state index in [-0.39, 0.29) is 6.10 Å². The van der Waals surface area contributed by atoms with Gasteiger partial charge in [0.15, 0.2) is 0 Å². The number of nitrogens with one attached hydrogen (secondary N) is 1. The van der Waals surface area contributed by atoms with Gasteiger partial charge in [0.1, 0.15) is 5.75 Å². The van der Waals surface area contributed by atoms with Gasteiger partial charge in [0.2, 0.25) is 5.88 Å². The molecule has 0 aliphatic heterocycles. The Labute approximate surface area is 142 Å². The number of ether oxygens (including phenoxy) is 2. The molecule has 0 saturated heterocycles. The second kappa shape index (κ2) is 9.38. The molecule has 0 bridgehead atoms. The van der Waals surface area contributed by atoms with Gasteiger partial charge in [-0.1, -0.05) is 17.7 Å². The van der Waals surface area contributed by atoms with Crippen LogP contribution in [0.1, 0.15) is 25.8 Å². The van der Waals surface area contributed by atoms with E-state index >= 15 is 0 Å². The highest BCUT2D eigenvalue weighted by Gasteiger charge is 2.06. The van der Waals surface area contributed by atoms with Crippen LogP contribution in [0.3, 0.4) is 0 Å². The smallest absolute Gasteiger partial charge is 0.213 e. The third-order valence-electron chi connectivity index (χ3n) is 3.09. The van der Waals surface area contributed by atoms with E-state index in [2.05, 4.69) is 10.3 Å². The molecule has 0 aliphatic carbocycles. The minimum absolute atomic E-state index is 0.140. The summed E-state index contributed by atoms with van der Waals surface area (Å²) in [4.78, 5) is 4.12. The number of hydrogen-bond acceptors (Lipinski definition) is 4. The maximum Gasteiger partial charge on any atom is 0.213 e. The molecule has 0 amide bonds. The molecule has 0 fully saturated rings. The Kier molecular flexibility index (Phi) is 7.17. The Balaban J connectivity index is 1.72. The molecule has 5 heteroatoms. The fourth-order valence-corrected chi connectivity index (χ4v) is 2.28. The van der Waals surface area contributed by atoms with Gasteiger partial charge in [-0.3, -0.25) is 0 Å². The number of benzene rings is 1. The Morgan fingerprint density at radius 1 is 1.22 bits per heavy atom. The quantitative estimate of drug-likeness (QED) is 0.702. The van der Waals surface area contributed by atoms with Crippen molar-refractivity contribution < 1.29 is 9.47 Å². The van der Waals surface area contributed by atoms with Crippen LogP contribution in [0.2, 0.25) is 5.02 Å². The van der Waals surface area contributed by atoms with Gasteiger partial charge in [0.25, 0.3) is 0 Å². The minimum Gasteiger partial charge on any atom is -0.491 e. The molecule has 23 heavy (non-hydrogen) atoms. The Bertz CT molecular complexity index is 591. The van der Waals surface area contributed by atoms with Crippen LogP contribution in [0, 0.1) is 0 Å². The van der Waals surface area contributed by atoms with Crippen LogP contribution >= 0.6 is 11.6 Å². The summed E-state index contributed by atoms with van der Waals surface area (Å²) in [5, 5.41) is 4.11. The maximum atomic E-state index is 6.07. The number of halogens is 1. The summed E-state index contributed by atoms with van der Waals surface area (Å²) in [6.45, 7) is 6.23. The second-order valence-electron chi connectivity index (χ2n) is 5.47. The van der Waals surface area contributed by atoms with Gasteiger partial charge in [-0.25, -0.2) is 4.98 Å². The fraction of sp³-hybridized carbons (Fsp3) is 0.389. The highest BCUT2D eigenvalue weighted by atomic mass is 35.5. The van der Waals surface area contributed by atoms with Crippen LogP contribution in [0.4, 0.5) is 0 Å². The van der Waals surface area contributed by atoms with Crippen molar-refractivity contribution in [3.63, 3.8) is 0 Å². The molecule has 2 aromatic rings. The predicted molar refractivity (Wildman–Crippen MR) is 93.3 cm³/mol. The zero-order valence-corrected chi connectivity index (χ0v) is 14.3. The van der Waals surface area contributed by atoms with E-state index in [9.17, 15) is 0 Å². The molecular weight excluding hydrogens is 312 g/mol. The van der Waals surface area contributed by atoms with Crippen molar-refractivity contribution in [1.82, 2.24) is 10.3 Å². The third kappa shape index (κ3) is 6.47. The van der Waals surface area contributed by atoms with E-state index in [1.807, 2.05) is 50.2 Å². The molecular formula is C18H23ClN2O2. The Hall–Kier alpha value is -1.78. The first-order chi connectivity index (χ1) is 11.1. The van der Waals surface area contributed by atoms with Gasteiger partial charge in [-0.05, 0) is 51.1 Å². The second-order valence-corrected chi connectivity index (χ2v) is 5.90. The number of rotatable bonds is 9. The van der Waals surface area contributed by atoms with Crippen molar-refractivity contribution in [2.24, 2.45) is 0 Å². The van der Waals surface area contributed by atoms with Gasteiger partial charge in [0.05, 0.1) is 12.7 Å². The lowest BCUT2D eigenvalue weighted by atomic mass is 10.2. The molecule has 4 nitrogen and oxygen atoms in total. The van der Waals surface area contributed by atoms with Crippen LogP contribution in [-0.4, -0.2) is 24.2 Å². The van der Waals surface area contributed by atoms with Crippen molar-refractivity contribution in [2.45, 2.75) is 32.9 Å². The van der Waals surface area contributed by atoms with Crippen molar-refractivity contribution in [3.05, 3.63) is 53.2 Å². The van der Waals surface area contributed by atoms with Gasteiger partial charge >= 0.3 is 0 Å². The first-order valence-electron chi connectivity index (χ1n) is 7.85. The highest BCUT2D eigenvalue weighted by Crippen LogP contribution is 2.23. The predicted octanol–water partition coefficient (Wildman–Crippen LogP) is 4.08. The average molecular weight is 335 g/mol. The van der Waals surface area contributed by atoms with Crippen molar-refractivity contribution >= 4 is 11.6 Å². The highest BCUT2D eigenvalue weighted by molar-refractivity contribution is 6.30. The molecule has 1 aromatic carbocycles. The van der Waals surface area contributed by atoms with Gasteiger partial charge in [-0.15, -0.1) is 0 Å². The lowest BCUT2D eigenvalue weighted by Gasteiger charge is -2.15. The van der Waals surface area contributed by atoms with Crippen molar-refractivity contribution in [1.29, 1.82) is 0 Å². The van der Waals surface area contributed by atoms with E-state index < -0.39 is 0 Å². The molecule has 2 rings (SSSR count). The van der Waals surface area contributed by atoms with Crippen molar-refractivity contribution in [2.75, 3.05) is 13.2 Å². The first-order valence-corrected chi connectivity index (χ1v) is 8.22. The van der Waals surface area contributed by atoms with Gasteiger partial charge in [0, 0.05) is 29.4 Å². The summed E-state index contributed by atoms with van der Waals surface area (Å²) < 4.78 is 11.4. The number of aromatic nitrogens is 1. The summed E-state index contributed by atoms with van der Waals surface area (Å²) in [6, 6.07) is 11.4. The van der Waals surface area contributed by atoms with Crippen LogP contribution < -0.4 is 14.8 Å². The SMILES string of the molecule is CC(C)Oc1ccc(Cl)cc1CNCCCOc1ccccn1. The normalized spacial score (nSPS) is 10.8. The zero-order valence-electron chi connectivity index (χ0n) is 13.6. The summed E-state index contributed by atoms with van der Waals surface area (Å²) in [7, 11) is 0. The van der Waals surface area contributed by atoms with Crippen molar-refractivity contribution in [3.8, 4) is 11.6 Å². The number of nitrogens with zero attached hydrogens (tertiary/aromatic N) is 1. The lowest BCUT2D eigenvalue weighted by Crippen LogP contribution is -2.18. The molecule has 0 saturated carbocycles. The van der Waals surface area contributed by atoms with E-state index in [0.717, 1.165) is 29.3 Å². The largest absolute Gasteiger partial charge is 0.491 e. The average Bonchev–Trinajstić information content (AvgIpc) is 2.53. The molecule has 1 N–H and O–H groups in total. The fourth-order valence-electron chi connectivity index (χ4n) is 2.08. The van der Waals surface area contributed by atoms with Crippen LogP contribution in [0.5, 0.6) is 11.6 Å². The molecule has 0 atom stereocenters. The van der Waals surface area contributed by atoms with E-state index in [4.69, 9.17) is 21.1 Å². The molecule has 0 radical (unpaired) electrons. The summed E-state index contributed by atoms with van der Waals surface area (Å²) >= 11 is 6.07. The first kappa shape index (κ1) is 17.6. The summed E-state index contributed by atoms with van der Waals surface area (Å²) in [5.74, 6) is 1.54. The van der Waals surface area contributed by atoms with Crippen LogP contribution in [-0.2, 0) is 6.54 Å². The lowest BCUT2D eigenvalue weighted by molar-refractivity contribution is 0.239. The monoisotopic (exact) mass is 334 g/mol. The molecule has 0 spiro atoms. The molecule has 1 heterocycles. The van der Waals surface area contributed by atoms with E-state index in [1.165, 1.54) is 0 Å². The maximum absolute atomic E-state index is 6.07. The summed E-state index contributed by atoms with van der Waals surface area (Å²) in [5.41, 5.74) is 1.07. The molecule has 1 aromatic heterocycles. The Morgan fingerprint density at radius 3 is 2.83 bits per heavy atom. The van der Waals surface area contributed by atoms with Crippen LogP contribution in [0.25, 0.3) is 0 Å². The van der Waals surface area contributed by atoms with E-state index in [0.29, 0.717) is 19.0 Å². The topological polar surface area (TPSA) is 43.4 Å². The van der Waals surface area contributed by atoms with Gasteiger partial charge < -0.3 is 14.8 Å². The van der Waals surface area contributed by atoms with Gasteiger partial charge in [-0.2, -0.15) is 0 Å². The van der Waals surface area contributed by atoms with Crippen LogP contribution in [0.15, 0.2) is 42.6 Å². The molecule has 124 valence electrons. The number of hydrogen-bond donors (Lipinski definition) is 1. The zero-order chi connectivity index (χ0) is 16.5. The summed E-state index contributed by atoms with van der Waals surface area (Å²) in [6.07, 6.45) is 2.77. The Morgan fingerprint density at radius 2 is 2.09 bits per heavy atom. The molecule has 0 unspecified atom stereocenters. The molecule has 0 aliphatic rings. The third-order valence-corrected chi connectivity index (χ3v) is 3.32. The van der Waals surface area contributed by atoms with E-state index in [1.54, 1.807) is 6.20 Å². The standard InChI is InChI=1S/C18H23ClN2O2/c1-14(2)23-17-8-7-16(19)12-15(17)13-20-9-5-11-22-18-6-3-4-10-21-18/h3-4,6-8,10,12,14,20H,5,9,11,13H2,1-2H3. The number of pyridine rings is 1.